The molecule has 0 aromatic heterocycles. The maximum Gasteiger partial charge on any atom is 0.220 e. The van der Waals surface area contributed by atoms with E-state index in [0.717, 1.165) is 18.9 Å². The van der Waals surface area contributed by atoms with E-state index in [0.29, 0.717) is 31.0 Å². The number of rotatable bonds is 7. The van der Waals surface area contributed by atoms with Crippen LogP contribution in [0.2, 0.25) is 0 Å². The first kappa shape index (κ1) is 18.9. The summed E-state index contributed by atoms with van der Waals surface area (Å²) in [7, 11) is 1.63. The second-order valence-electron chi connectivity index (χ2n) is 5.98. The van der Waals surface area contributed by atoms with E-state index in [4.69, 9.17) is 9.47 Å². The number of amides is 1. The van der Waals surface area contributed by atoms with Crippen LogP contribution < -0.4 is 25.4 Å². The molecule has 1 aliphatic rings. The SMILES string of the molecule is CCNC(=NCC(C)Oc1ccccc1OC)NC1CCC(=O)NC1. The molecule has 0 spiro atoms. The van der Waals surface area contributed by atoms with Gasteiger partial charge in [-0.05, 0) is 32.4 Å². The van der Waals surface area contributed by atoms with Gasteiger partial charge in [-0.2, -0.15) is 0 Å². The molecule has 0 aliphatic carbocycles. The number of carbonyl (C=O) groups excluding carboxylic acids is 1. The van der Waals surface area contributed by atoms with Crippen molar-refractivity contribution in [2.45, 2.75) is 38.8 Å². The number of carbonyl (C=O) groups is 1. The van der Waals surface area contributed by atoms with Crippen LogP contribution in [0.5, 0.6) is 11.5 Å². The largest absolute Gasteiger partial charge is 0.493 e. The molecule has 7 heteroatoms. The van der Waals surface area contributed by atoms with Crippen LogP contribution in [0.1, 0.15) is 26.7 Å². The van der Waals surface area contributed by atoms with Gasteiger partial charge in [0.25, 0.3) is 0 Å². The van der Waals surface area contributed by atoms with Gasteiger partial charge in [-0.15, -0.1) is 0 Å². The first-order valence-electron chi connectivity index (χ1n) is 8.73. The monoisotopic (exact) mass is 348 g/mol. The van der Waals surface area contributed by atoms with E-state index in [-0.39, 0.29) is 18.1 Å². The molecule has 1 heterocycles. The van der Waals surface area contributed by atoms with E-state index < -0.39 is 0 Å². The van der Waals surface area contributed by atoms with Crippen molar-refractivity contribution in [3.8, 4) is 11.5 Å². The second-order valence-corrected chi connectivity index (χ2v) is 5.98. The van der Waals surface area contributed by atoms with Crippen molar-refractivity contribution in [1.29, 1.82) is 0 Å². The third kappa shape index (κ3) is 6.17. The molecule has 1 saturated heterocycles. The van der Waals surface area contributed by atoms with Crippen LogP contribution in [0.4, 0.5) is 0 Å². The zero-order valence-electron chi connectivity index (χ0n) is 15.2. The molecule has 3 N–H and O–H groups in total. The maximum absolute atomic E-state index is 11.2. The van der Waals surface area contributed by atoms with Gasteiger partial charge in [0.15, 0.2) is 17.5 Å². The van der Waals surface area contributed by atoms with Gasteiger partial charge in [-0.25, -0.2) is 4.99 Å². The van der Waals surface area contributed by atoms with Crippen LogP contribution in [-0.2, 0) is 4.79 Å². The summed E-state index contributed by atoms with van der Waals surface area (Å²) in [5.74, 6) is 2.26. The topological polar surface area (TPSA) is 84.0 Å². The van der Waals surface area contributed by atoms with Crippen molar-refractivity contribution in [3.05, 3.63) is 24.3 Å². The maximum atomic E-state index is 11.2. The number of guanidine groups is 1. The van der Waals surface area contributed by atoms with Gasteiger partial charge in [-0.1, -0.05) is 12.1 Å². The Balaban J connectivity index is 1.89. The van der Waals surface area contributed by atoms with E-state index in [1.54, 1.807) is 7.11 Å². The summed E-state index contributed by atoms with van der Waals surface area (Å²) in [5, 5.41) is 9.46. The summed E-state index contributed by atoms with van der Waals surface area (Å²) in [5.41, 5.74) is 0. The molecule has 2 atom stereocenters. The van der Waals surface area contributed by atoms with Crippen LogP contribution in [0.25, 0.3) is 0 Å². The Morgan fingerprint density at radius 2 is 2.16 bits per heavy atom. The van der Waals surface area contributed by atoms with Gasteiger partial charge in [-0.3, -0.25) is 4.79 Å². The van der Waals surface area contributed by atoms with Gasteiger partial charge in [0.05, 0.1) is 13.7 Å². The fourth-order valence-corrected chi connectivity index (χ4v) is 2.56. The molecule has 0 radical (unpaired) electrons. The highest BCUT2D eigenvalue weighted by molar-refractivity contribution is 5.81. The normalized spacial score (nSPS) is 18.9. The van der Waals surface area contributed by atoms with Crippen molar-refractivity contribution in [1.82, 2.24) is 16.0 Å². The molecule has 0 bridgehead atoms. The molecule has 1 fully saturated rings. The highest BCUT2D eigenvalue weighted by Gasteiger charge is 2.18. The molecule has 25 heavy (non-hydrogen) atoms. The zero-order chi connectivity index (χ0) is 18.1. The molecule has 0 saturated carbocycles. The van der Waals surface area contributed by atoms with Crippen LogP contribution in [0, 0.1) is 0 Å². The Bertz CT molecular complexity index is 581. The molecule has 1 aliphatic heterocycles. The number of nitrogens with zero attached hydrogens (tertiary/aromatic N) is 1. The lowest BCUT2D eigenvalue weighted by Crippen LogP contribution is -2.51. The average Bonchev–Trinajstić information content (AvgIpc) is 2.62. The lowest BCUT2D eigenvalue weighted by Gasteiger charge is -2.25. The first-order valence-corrected chi connectivity index (χ1v) is 8.73. The lowest BCUT2D eigenvalue weighted by molar-refractivity contribution is -0.122. The molecule has 2 unspecified atom stereocenters. The fourth-order valence-electron chi connectivity index (χ4n) is 2.56. The van der Waals surface area contributed by atoms with Crippen molar-refractivity contribution in [2.24, 2.45) is 4.99 Å². The standard InChI is InChI=1S/C18H28N4O3/c1-4-19-18(22-14-9-10-17(23)20-12-14)21-11-13(2)25-16-8-6-5-7-15(16)24-3/h5-8,13-14H,4,9-12H2,1-3H3,(H,20,23)(H2,19,21,22). The predicted molar refractivity (Wildman–Crippen MR) is 98.2 cm³/mol. The second kappa shape index (κ2) is 9.76. The Labute approximate surface area is 149 Å². The third-order valence-corrected chi connectivity index (χ3v) is 3.85. The summed E-state index contributed by atoms with van der Waals surface area (Å²) < 4.78 is 11.2. The van der Waals surface area contributed by atoms with Crippen LogP contribution in [0.15, 0.2) is 29.3 Å². The Morgan fingerprint density at radius 1 is 1.40 bits per heavy atom. The summed E-state index contributed by atoms with van der Waals surface area (Å²) in [6, 6.07) is 7.77. The number of methoxy groups -OCH3 is 1. The van der Waals surface area contributed by atoms with E-state index in [9.17, 15) is 4.79 Å². The molecule has 1 aromatic carbocycles. The molecule has 1 amide bonds. The minimum absolute atomic E-state index is 0.0992. The molecular weight excluding hydrogens is 320 g/mol. The highest BCUT2D eigenvalue weighted by atomic mass is 16.5. The molecule has 1 aromatic rings. The highest BCUT2D eigenvalue weighted by Crippen LogP contribution is 2.26. The van der Waals surface area contributed by atoms with Gasteiger partial charge < -0.3 is 25.4 Å². The molecule has 7 nitrogen and oxygen atoms in total. The van der Waals surface area contributed by atoms with Crippen molar-refractivity contribution in [3.63, 3.8) is 0 Å². The quantitative estimate of drug-likeness (QED) is 0.511. The number of nitrogens with one attached hydrogen (secondary N) is 3. The van der Waals surface area contributed by atoms with Crippen molar-refractivity contribution >= 4 is 11.9 Å². The molecule has 2 rings (SSSR count). The number of aliphatic imine (C=N–C) groups is 1. The Kier molecular flexibility index (Phi) is 7.37. The minimum atomic E-state index is -0.0992. The molecular formula is C18H28N4O3. The van der Waals surface area contributed by atoms with E-state index in [2.05, 4.69) is 20.9 Å². The summed E-state index contributed by atoms with van der Waals surface area (Å²) in [4.78, 5) is 15.8. The molecule has 138 valence electrons. The van der Waals surface area contributed by atoms with Gasteiger partial charge in [0, 0.05) is 25.6 Å². The van der Waals surface area contributed by atoms with Crippen LogP contribution in [0.3, 0.4) is 0 Å². The number of benzene rings is 1. The Hall–Kier alpha value is -2.44. The Morgan fingerprint density at radius 3 is 2.80 bits per heavy atom. The lowest BCUT2D eigenvalue weighted by atomic mass is 10.1. The number of para-hydroxylation sites is 2. The third-order valence-electron chi connectivity index (χ3n) is 3.85. The van der Waals surface area contributed by atoms with Crippen LogP contribution in [-0.4, -0.2) is 50.8 Å². The summed E-state index contributed by atoms with van der Waals surface area (Å²) in [6.07, 6.45) is 1.26. The number of ether oxygens (including phenoxy) is 2. The number of piperidine rings is 1. The van der Waals surface area contributed by atoms with E-state index in [1.165, 1.54) is 0 Å². The van der Waals surface area contributed by atoms with Crippen molar-refractivity contribution < 1.29 is 14.3 Å². The predicted octanol–water partition coefficient (Wildman–Crippen LogP) is 1.30. The number of hydrogen-bond donors (Lipinski definition) is 3. The first-order chi connectivity index (χ1) is 12.1. The average molecular weight is 348 g/mol. The fraction of sp³-hybridized carbons (Fsp3) is 0.556. The van der Waals surface area contributed by atoms with Gasteiger partial charge >= 0.3 is 0 Å². The number of hydrogen-bond acceptors (Lipinski definition) is 4. The summed E-state index contributed by atoms with van der Waals surface area (Å²) >= 11 is 0. The summed E-state index contributed by atoms with van der Waals surface area (Å²) in [6.45, 7) is 5.89. The van der Waals surface area contributed by atoms with Crippen LogP contribution >= 0.6 is 0 Å². The zero-order valence-corrected chi connectivity index (χ0v) is 15.2. The van der Waals surface area contributed by atoms with Gasteiger partial charge in [0.2, 0.25) is 5.91 Å². The van der Waals surface area contributed by atoms with E-state index in [1.807, 2.05) is 38.1 Å². The van der Waals surface area contributed by atoms with Crippen molar-refractivity contribution in [2.75, 3.05) is 26.7 Å². The van der Waals surface area contributed by atoms with E-state index >= 15 is 0 Å². The smallest absolute Gasteiger partial charge is 0.220 e. The minimum Gasteiger partial charge on any atom is -0.493 e. The van der Waals surface area contributed by atoms with Gasteiger partial charge in [0.1, 0.15) is 6.10 Å².